The van der Waals surface area contributed by atoms with E-state index in [9.17, 15) is 9.90 Å². The first-order valence-electron chi connectivity index (χ1n) is 5.88. The molecule has 0 aliphatic heterocycles. The van der Waals surface area contributed by atoms with E-state index in [4.69, 9.17) is 23.2 Å². The van der Waals surface area contributed by atoms with Crippen molar-refractivity contribution in [3.05, 3.63) is 57.8 Å². The Bertz CT molecular complexity index is 647. The van der Waals surface area contributed by atoms with Crippen molar-refractivity contribution in [2.45, 2.75) is 13.0 Å². The van der Waals surface area contributed by atoms with Crippen molar-refractivity contribution in [3.63, 3.8) is 0 Å². The van der Waals surface area contributed by atoms with E-state index < -0.39 is 0 Å². The molecule has 1 atom stereocenters. The third-order valence-corrected chi connectivity index (χ3v) is 3.29. The summed E-state index contributed by atoms with van der Waals surface area (Å²) in [5.74, 6) is -0.205. The third-order valence-electron chi connectivity index (χ3n) is 2.78. The zero-order chi connectivity index (χ0) is 14.7. The first-order valence-corrected chi connectivity index (χ1v) is 6.64. The Hall–Kier alpha value is -1.78. The number of halogens is 2. The Kier molecular flexibility index (Phi) is 4.47. The van der Waals surface area contributed by atoms with Gasteiger partial charge in [-0.3, -0.25) is 4.79 Å². The summed E-state index contributed by atoms with van der Waals surface area (Å²) < 4.78 is 0. The number of aromatic nitrogens is 1. The predicted molar refractivity (Wildman–Crippen MR) is 78.2 cm³/mol. The second kappa shape index (κ2) is 6.11. The zero-order valence-corrected chi connectivity index (χ0v) is 12.1. The van der Waals surface area contributed by atoms with Gasteiger partial charge in [-0.05, 0) is 30.7 Å². The van der Waals surface area contributed by atoms with Crippen molar-refractivity contribution < 1.29 is 9.90 Å². The quantitative estimate of drug-likeness (QED) is 0.852. The number of carbonyl (C=O) groups is 1. The van der Waals surface area contributed by atoms with Crippen LogP contribution in [0.2, 0.25) is 10.2 Å². The van der Waals surface area contributed by atoms with E-state index in [1.54, 1.807) is 18.2 Å². The van der Waals surface area contributed by atoms with Gasteiger partial charge in [-0.15, -0.1) is 0 Å². The SMILES string of the molecule is CC(NC(=O)c1cc(Cl)ncc1Cl)c1cccc(O)c1. The van der Waals surface area contributed by atoms with Gasteiger partial charge < -0.3 is 10.4 Å². The molecule has 1 heterocycles. The van der Waals surface area contributed by atoms with E-state index in [0.717, 1.165) is 5.56 Å². The van der Waals surface area contributed by atoms with Gasteiger partial charge in [0.25, 0.3) is 5.91 Å². The molecule has 4 nitrogen and oxygen atoms in total. The van der Waals surface area contributed by atoms with E-state index in [2.05, 4.69) is 10.3 Å². The van der Waals surface area contributed by atoms with Crippen molar-refractivity contribution in [1.82, 2.24) is 10.3 Å². The fraction of sp³-hybridized carbons (Fsp3) is 0.143. The Morgan fingerprint density at radius 2 is 2.10 bits per heavy atom. The van der Waals surface area contributed by atoms with Crippen LogP contribution in [-0.4, -0.2) is 16.0 Å². The first-order chi connectivity index (χ1) is 9.47. The monoisotopic (exact) mass is 310 g/mol. The minimum atomic E-state index is -0.352. The topological polar surface area (TPSA) is 62.2 Å². The van der Waals surface area contributed by atoms with Crippen LogP contribution in [0.3, 0.4) is 0 Å². The minimum absolute atomic E-state index is 0.147. The molecular weight excluding hydrogens is 299 g/mol. The van der Waals surface area contributed by atoms with E-state index >= 15 is 0 Å². The predicted octanol–water partition coefficient (Wildman–Crippen LogP) is 3.59. The molecule has 0 spiro atoms. The second-order valence-electron chi connectivity index (χ2n) is 4.28. The molecule has 2 N–H and O–H groups in total. The number of aromatic hydroxyl groups is 1. The van der Waals surface area contributed by atoms with Crippen LogP contribution in [0, 0.1) is 0 Å². The fourth-order valence-corrected chi connectivity index (χ4v) is 2.09. The Labute approximate surface area is 126 Å². The zero-order valence-electron chi connectivity index (χ0n) is 10.6. The highest BCUT2D eigenvalue weighted by Crippen LogP contribution is 2.21. The van der Waals surface area contributed by atoms with Gasteiger partial charge in [0.15, 0.2) is 0 Å². The highest BCUT2D eigenvalue weighted by atomic mass is 35.5. The Morgan fingerprint density at radius 3 is 2.80 bits per heavy atom. The molecule has 2 rings (SSSR count). The van der Waals surface area contributed by atoms with E-state index in [1.807, 2.05) is 13.0 Å². The Balaban J connectivity index is 2.17. The minimum Gasteiger partial charge on any atom is -0.508 e. The Morgan fingerprint density at radius 1 is 1.35 bits per heavy atom. The molecule has 1 amide bonds. The van der Waals surface area contributed by atoms with Crippen LogP contribution in [0.25, 0.3) is 0 Å². The lowest BCUT2D eigenvalue weighted by molar-refractivity contribution is 0.0940. The van der Waals surface area contributed by atoms with Crippen LogP contribution in [0.1, 0.15) is 28.9 Å². The molecule has 1 aromatic heterocycles. The number of pyridine rings is 1. The molecule has 0 aliphatic carbocycles. The van der Waals surface area contributed by atoms with Crippen LogP contribution in [0.5, 0.6) is 5.75 Å². The van der Waals surface area contributed by atoms with Crippen molar-refractivity contribution in [1.29, 1.82) is 0 Å². The molecule has 0 saturated carbocycles. The lowest BCUT2D eigenvalue weighted by Gasteiger charge is -2.15. The highest BCUT2D eigenvalue weighted by Gasteiger charge is 2.15. The molecule has 1 aromatic carbocycles. The van der Waals surface area contributed by atoms with Gasteiger partial charge in [0.05, 0.1) is 16.6 Å². The number of amides is 1. The van der Waals surface area contributed by atoms with Gasteiger partial charge >= 0.3 is 0 Å². The smallest absolute Gasteiger partial charge is 0.253 e. The fourth-order valence-electron chi connectivity index (χ4n) is 1.74. The van der Waals surface area contributed by atoms with Crippen molar-refractivity contribution in [2.75, 3.05) is 0 Å². The first kappa shape index (κ1) is 14.6. The maximum atomic E-state index is 12.1. The highest BCUT2D eigenvalue weighted by molar-refractivity contribution is 6.35. The number of phenolic OH excluding ortho intramolecular Hbond substituents is 1. The molecule has 6 heteroatoms. The standard InChI is InChI=1S/C14H12Cl2N2O2/c1-8(9-3-2-4-10(19)5-9)18-14(20)11-6-13(16)17-7-12(11)15/h2-8,19H,1H3,(H,18,20). The van der Waals surface area contributed by atoms with Crippen LogP contribution >= 0.6 is 23.2 Å². The summed E-state index contributed by atoms with van der Waals surface area (Å²) in [7, 11) is 0. The number of nitrogens with one attached hydrogen (secondary N) is 1. The van der Waals surface area contributed by atoms with Gasteiger partial charge in [-0.1, -0.05) is 35.3 Å². The lowest BCUT2D eigenvalue weighted by Crippen LogP contribution is -2.27. The number of nitrogens with zero attached hydrogens (tertiary/aromatic N) is 1. The normalized spacial score (nSPS) is 11.9. The largest absolute Gasteiger partial charge is 0.508 e. The number of hydrogen-bond acceptors (Lipinski definition) is 3. The molecule has 20 heavy (non-hydrogen) atoms. The second-order valence-corrected chi connectivity index (χ2v) is 5.07. The van der Waals surface area contributed by atoms with Gasteiger partial charge in [-0.2, -0.15) is 0 Å². The average molecular weight is 311 g/mol. The number of hydrogen-bond donors (Lipinski definition) is 2. The summed E-state index contributed by atoms with van der Waals surface area (Å²) in [6, 6.07) is 7.81. The molecule has 0 saturated heterocycles. The lowest BCUT2D eigenvalue weighted by atomic mass is 10.1. The summed E-state index contributed by atoms with van der Waals surface area (Å²) >= 11 is 11.7. The summed E-state index contributed by atoms with van der Waals surface area (Å²) in [6.45, 7) is 1.81. The number of benzene rings is 1. The summed E-state index contributed by atoms with van der Waals surface area (Å²) in [5.41, 5.74) is 1.05. The summed E-state index contributed by atoms with van der Waals surface area (Å²) in [4.78, 5) is 15.9. The van der Waals surface area contributed by atoms with Gasteiger partial charge in [0.2, 0.25) is 0 Å². The third kappa shape index (κ3) is 3.40. The average Bonchev–Trinajstić information content (AvgIpc) is 2.41. The molecule has 104 valence electrons. The summed E-state index contributed by atoms with van der Waals surface area (Å²) in [5, 5.41) is 12.7. The van der Waals surface area contributed by atoms with Crippen LogP contribution < -0.4 is 5.32 Å². The molecule has 0 fully saturated rings. The van der Waals surface area contributed by atoms with Gasteiger partial charge in [0.1, 0.15) is 10.9 Å². The van der Waals surface area contributed by atoms with E-state index in [0.29, 0.717) is 0 Å². The molecule has 0 bridgehead atoms. The van der Waals surface area contributed by atoms with Crippen molar-refractivity contribution >= 4 is 29.1 Å². The maximum absolute atomic E-state index is 12.1. The van der Waals surface area contributed by atoms with Gasteiger partial charge in [-0.25, -0.2) is 4.98 Å². The van der Waals surface area contributed by atoms with Crippen LogP contribution in [0.15, 0.2) is 36.5 Å². The van der Waals surface area contributed by atoms with Crippen molar-refractivity contribution in [2.24, 2.45) is 0 Å². The molecule has 0 aliphatic rings. The van der Waals surface area contributed by atoms with Crippen LogP contribution in [0.4, 0.5) is 0 Å². The number of phenols is 1. The molecule has 2 aromatic rings. The van der Waals surface area contributed by atoms with E-state index in [1.165, 1.54) is 12.3 Å². The molecule has 1 unspecified atom stereocenters. The molecule has 0 radical (unpaired) electrons. The van der Waals surface area contributed by atoms with Crippen LogP contribution in [-0.2, 0) is 0 Å². The summed E-state index contributed by atoms with van der Waals surface area (Å²) in [6.07, 6.45) is 1.33. The molecular formula is C14H12Cl2N2O2. The maximum Gasteiger partial charge on any atom is 0.253 e. The van der Waals surface area contributed by atoms with Crippen molar-refractivity contribution in [3.8, 4) is 5.75 Å². The number of rotatable bonds is 3. The van der Waals surface area contributed by atoms with E-state index in [-0.39, 0.29) is 33.4 Å². The number of carbonyl (C=O) groups excluding carboxylic acids is 1. The van der Waals surface area contributed by atoms with Gasteiger partial charge in [0, 0.05) is 6.20 Å².